The number of nitrogens with zero attached hydrogens (tertiary/aromatic N) is 1. The molecule has 1 aliphatic carbocycles. The third-order valence-corrected chi connectivity index (χ3v) is 5.79. The third-order valence-electron chi connectivity index (χ3n) is 4.23. The van der Waals surface area contributed by atoms with Crippen LogP contribution in [-0.4, -0.2) is 32.9 Å². The first-order valence-electron chi connectivity index (χ1n) is 7.82. The van der Waals surface area contributed by atoms with Crippen LogP contribution in [0.25, 0.3) is 0 Å². The quantitative estimate of drug-likeness (QED) is 0.837. The highest BCUT2D eigenvalue weighted by Gasteiger charge is 2.27. The van der Waals surface area contributed by atoms with Gasteiger partial charge >= 0.3 is 0 Å². The second-order valence-electron chi connectivity index (χ2n) is 5.89. The smallest absolute Gasteiger partial charge is 0.279 e. The van der Waals surface area contributed by atoms with Crippen molar-refractivity contribution in [3.63, 3.8) is 0 Å². The summed E-state index contributed by atoms with van der Waals surface area (Å²) >= 11 is 0. The minimum Gasteiger partial charge on any atom is -0.380 e. The predicted octanol–water partition coefficient (Wildman–Crippen LogP) is 2.43. The SMILES string of the molecule is COCc1cccc(CNS(=O)(=O)N(C)C2CCCCC2)c1. The van der Waals surface area contributed by atoms with Crippen LogP contribution in [0.4, 0.5) is 0 Å². The van der Waals surface area contributed by atoms with Crippen LogP contribution in [0.5, 0.6) is 0 Å². The number of hydrogen-bond donors (Lipinski definition) is 1. The van der Waals surface area contributed by atoms with Crippen LogP contribution in [0.15, 0.2) is 24.3 Å². The third kappa shape index (κ3) is 4.78. The lowest BCUT2D eigenvalue weighted by Crippen LogP contribution is -2.44. The average molecular weight is 326 g/mol. The summed E-state index contributed by atoms with van der Waals surface area (Å²) < 4.78 is 34.1. The van der Waals surface area contributed by atoms with Gasteiger partial charge in [0.05, 0.1) is 6.61 Å². The fourth-order valence-corrected chi connectivity index (χ4v) is 4.07. The second-order valence-corrected chi connectivity index (χ2v) is 7.70. The van der Waals surface area contributed by atoms with Crippen molar-refractivity contribution >= 4 is 10.2 Å². The van der Waals surface area contributed by atoms with Crippen molar-refractivity contribution in [2.75, 3.05) is 14.2 Å². The van der Waals surface area contributed by atoms with Crippen molar-refractivity contribution in [3.8, 4) is 0 Å². The van der Waals surface area contributed by atoms with E-state index >= 15 is 0 Å². The van der Waals surface area contributed by atoms with Crippen LogP contribution >= 0.6 is 0 Å². The van der Waals surface area contributed by atoms with E-state index in [-0.39, 0.29) is 6.04 Å². The Kier molecular flexibility index (Phi) is 6.37. The zero-order valence-corrected chi connectivity index (χ0v) is 14.2. The average Bonchev–Trinajstić information content (AvgIpc) is 2.54. The summed E-state index contributed by atoms with van der Waals surface area (Å²) in [4.78, 5) is 0. The molecule has 0 unspecified atom stereocenters. The molecule has 1 N–H and O–H groups in total. The summed E-state index contributed by atoms with van der Waals surface area (Å²) in [6.45, 7) is 0.833. The molecule has 124 valence electrons. The summed E-state index contributed by atoms with van der Waals surface area (Å²) in [7, 11) is -0.104. The van der Waals surface area contributed by atoms with Gasteiger partial charge in [-0.2, -0.15) is 17.4 Å². The Morgan fingerprint density at radius 2 is 1.91 bits per heavy atom. The molecule has 0 heterocycles. The molecule has 6 heteroatoms. The van der Waals surface area contributed by atoms with Gasteiger partial charge in [-0.3, -0.25) is 0 Å². The van der Waals surface area contributed by atoms with Gasteiger partial charge in [0.2, 0.25) is 0 Å². The summed E-state index contributed by atoms with van der Waals surface area (Å²) in [5, 5.41) is 0. The van der Waals surface area contributed by atoms with Crippen LogP contribution in [0.1, 0.15) is 43.2 Å². The molecule has 22 heavy (non-hydrogen) atoms. The summed E-state index contributed by atoms with van der Waals surface area (Å²) in [6.07, 6.45) is 5.36. The molecule has 0 spiro atoms. The van der Waals surface area contributed by atoms with Gasteiger partial charge in [-0.15, -0.1) is 0 Å². The van der Waals surface area contributed by atoms with Gasteiger partial charge in [-0.05, 0) is 24.0 Å². The van der Waals surface area contributed by atoms with Crippen molar-refractivity contribution in [1.82, 2.24) is 9.03 Å². The van der Waals surface area contributed by atoms with E-state index in [1.54, 1.807) is 14.2 Å². The maximum Gasteiger partial charge on any atom is 0.279 e. The molecule has 0 bridgehead atoms. The largest absolute Gasteiger partial charge is 0.380 e. The van der Waals surface area contributed by atoms with E-state index in [0.717, 1.165) is 36.8 Å². The van der Waals surface area contributed by atoms with E-state index < -0.39 is 10.2 Å². The van der Waals surface area contributed by atoms with Gasteiger partial charge in [-0.1, -0.05) is 43.5 Å². The first-order chi connectivity index (χ1) is 10.5. The monoisotopic (exact) mass is 326 g/mol. The van der Waals surface area contributed by atoms with E-state index in [2.05, 4.69) is 4.72 Å². The minimum atomic E-state index is -3.43. The van der Waals surface area contributed by atoms with Crippen molar-refractivity contribution in [3.05, 3.63) is 35.4 Å². The van der Waals surface area contributed by atoms with Crippen LogP contribution in [-0.2, 0) is 28.1 Å². The maximum atomic E-state index is 12.4. The normalized spacial score (nSPS) is 17.0. The molecule has 0 saturated heterocycles. The Morgan fingerprint density at radius 1 is 1.23 bits per heavy atom. The van der Waals surface area contributed by atoms with Crippen LogP contribution in [0.3, 0.4) is 0 Å². The molecule has 0 aliphatic heterocycles. The zero-order chi connectivity index (χ0) is 16.0. The highest BCUT2D eigenvalue weighted by atomic mass is 32.2. The molecule has 0 aromatic heterocycles. The van der Waals surface area contributed by atoms with Gasteiger partial charge in [-0.25, -0.2) is 0 Å². The Morgan fingerprint density at radius 3 is 2.59 bits per heavy atom. The van der Waals surface area contributed by atoms with Gasteiger partial charge in [0, 0.05) is 26.7 Å². The van der Waals surface area contributed by atoms with E-state index in [4.69, 9.17) is 4.74 Å². The molecule has 0 atom stereocenters. The Labute approximate surface area is 133 Å². The zero-order valence-electron chi connectivity index (χ0n) is 13.4. The van der Waals surface area contributed by atoms with E-state index in [9.17, 15) is 8.42 Å². The van der Waals surface area contributed by atoms with E-state index in [1.165, 1.54) is 10.7 Å². The van der Waals surface area contributed by atoms with Gasteiger partial charge < -0.3 is 4.74 Å². The van der Waals surface area contributed by atoms with Gasteiger partial charge in [0.1, 0.15) is 0 Å². The predicted molar refractivity (Wildman–Crippen MR) is 87.6 cm³/mol. The molecule has 0 amide bonds. The number of methoxy groups -OCH3 is 1. The fraction of sp³-hybridized carbons (Fsp3) is 0.625. The molecular weight excluding hydrogens is 300 g/mol. The Bertz CT molecular complexity index is 569. The summed E-state index contributed by atoms with van der Waals surface area (Å²) in [6, 6.07) is 7.90. The van der Waals surface area contributed by atoms with Crippen LogP contribution in [0, 0.1) is 0 Å². The standard InChI is InChI=1S/C16H26N2O3S/c1-18(16-9-4-3-5-10-16)22(19,20)17-12-14-7-6-8-15(11-14)13-21-2/h6-8,11,16-17H,3-5,9-10,12-13H2,1-2H3. The van der Waals surface area contributed by atoms with Crippen molar-refractivity contribution in [2.45, 2.75) is 51.3 Å². The molecule has 2 rings (SSSR count). The second kappa shape index (κ2) is 8.06. The number of benzene rings is 1. The molecule has 1 fully saturated rings. The Balaban J connectivity index is 1.95. The fourth-order valence-electron chi connectivity index (χ4n) is 2.91. The highest BCUT2D eigenvalue weighted by Crippen LogP contribution is 2.23. The first kappa shape index (κ1) is 17.4. The summed E-state index contributed by atoms with van der Waals surface area (Å²) in [5.74, 6) is 0. The van der Waals surface area contributed by atoms with Crippen LogP contribution in [0.2, 0.25) is 0 Å². The highest BCUT2D eigenvalue weighted by molar-refractivity contribution is 7.87. The Hall–Kier alpha value is -0.950. The van der Waals surface area contributed by atoms with Crippen molar-refractivity contribution in [2.24, 2.45) is 0 Å². The maximum absolute atomic E-state index is 12.4. The summed E-state index contributed by atoms with van der Waals surface area (Å²) in [5.41, 5.74) is 1.98. The topological polar surface area (TPSA) is 58.6 Å². The molecule has 1 saturated carbocycles. The van der Waals surface area contributed by atoms with E-state index in [1.807, 2.05) is 24.3 Å². The van der Waals surface area contributed by atoms with E-state index in [0.29, 0.717) is 13.2 Å². The van der Waals surface area contributed by atoms with Gasteiger partial charge in [0.25, 0.3) is 10.2 Å². The molecule has 5 nitrogen and oxygen atoms in total. The molecule has 1 aromatic rings. The molecule has 1 aromatic carbocycles. The number of ether oxygens (including phenoxy) is 1. The number of rotatable bonds is 7. The first-order valence-corrected chi connectivity index (χ1v) is 9.26. The molecule has 1 aliphatic rings. The number of nitrogens with one attached hydrogen (secondary N) is 1. The lowest BCUT2D eigenvalue weighted by atomic mass is 9.96. The van der Waals surface area contributed by atoms with Crippen molar-refractivity contribution in [1.29, 1.82) is 0 Å². The van der Waals surface area contributed by atoms with Crippen molar-refractivity contribution < 1.29 is 13.2 Å². The lowest BCUT2D eigenvalue weighted by molar-refractivity contribution is 0.185. The number of hydrogen-bond acceptors (Lipinski definition) is 3. The minimum absolute atomic E-state index is 0.131. The van der Waals surface area contributed by atoms with Gasteiger partial charge in [0.15, 0.2) is 0 Å². The molecular formula is C16H26N2O3S. The lowest BCUT2D eigenvalue weighted by Gasteiger charge is -2.30. The van der Waals surface area contributed by atoms with Crippen LogP contribution < -0.4 is 4.72 Å². The molecule has 0 radical (unpaired) electrons.